The molecule has 0 aromatic heterocycles. The molecule has 0 aliphatic carbocycles. The number of sulfonamides is 1. The first-order valence-corrected chi connectivity index (χ1v) is 7.43. The van der Waals surface area contributed by atoms with Crippen LogP contribution in [0.2, 0.25) is 0 Å². The van der Waals surface area contributed by atoms with E-state index in [4.69, 9.17) is 5.53 Å². The van der Waals surface area contributed by atoms with Crippen molar-refractivity contribution in [3.8, 4) is 0 Å². The van der Waals surface area contributed by atoms with Gasteiger partial charge in [-0.1, -0.05) is 17.2 Å². The Hall–Kier alpha value is -1.56. The molecule has 0 saturated carbocycles. The van der Waals surface area contributed by atoms with E-state index in [2.05, 4.69) is 10.0 Å². The maximum absolute atomic E-state index is 12.5. The second-order valence-corrected chi connectivity index (χ2v) is 6.55. The van der Waals surface area contributed by atoms with E-state index in [0.717, 1.165) is 0 Å². The molecule has 0 heterocycles. The van der Waals surface area contributed by atoms with Gasteiger partial charge in [0, 0.05) is 22.7 Å². The van der Waals surface area contributed by atoms with E-state index in [1.807, 2.05) is 27.7 Å². The highest BCUT2D eigenvalue weighted by Crippen LogP contribution is 2.23. The second-order valence-electron chi connectivity index (χ2n) is 4.71. The van der Waals surface area contributed by atoms with Crippen molar-refractivity contribution in [2.45, 2.75) is 44.7 Å². The van der Waals surface area contributed by atoms with Crippen molar-refractivity contribution in [2.75, 3.05) is 0 Å². The van der Waals surface area contributed by atoms with Crippen LogP contribution in [0, 0.1) is 0 Å². The van der Waals surface area contributed by atoms with Gasteiger partial charge >= 0.3 is 0 Å². The minimum Gasteiger partial charge on any atom is -0.207 e. The first-order valence-electron chi connectivity index (χ1n) is 5.99. The Morgan fingerprint density at radius 1 is 1.11 bits per heavy atom. The van der Waals surface area contributed by atoms with Gasteiger partial charge in [-0.25, -0.2) is 8.42 Å². The SMILES string of the molecule is CC(C)N(C(C)C)S(=O)(=O)c1ccc(N=[N+]=[N-])cc1. The molecule has 0 atom stereocenters. The molecule has 104 valence electrons. The second kappa shape index (κ2) is 6.06. The lowest BCUT2D eigenvalue weighted by Crippen LogP contribution is -2.41. The van der Waals surface area contributed by atoms with E-state index in [1.54, 1.807) is 0 Å². The van der Waals surface area contributed by atoms with Crippen molar-refractivity contribution in [1.29, 1.82) is 0 Å². The van der Waals surface area contributed by atoms with Crippen LogP contribution in [0.25, 0.3) is 10.4 Å². The molecule has 0 radical (unpaired) electrons. The summed E-state index contributed by atoms with van der Waals surface area (Å²) < 4.78 is 26.5. The Bertz CT molecular complexity index is 564. The average molecular weight is 282 g/mol. The summed E-state index contributed by atoms with van der Waals surface area (Å²) in [5.41, 5.74) is 8.71. The lowest BCUT2D eigenvalue weighted by atomic mass is 10.3. The monoisotopic (exact) mass is 282 g/mol. The van der Waals surface area contributed by atoms with Crippen molar-refractivity contribution in [3.63, 3.8) is 0 Å². The van der Waals surface area contributed by atoms with Crippen LogP contribution in [0.1, 0.15) is 27.7 Å². The largest absolute Gasteiger partial charge is 0.243 e. The fourth-order valence-corrected chi connectivity index (χ4v) is 3.84. The molecule has 0 saturated heterocycles. The van der Waals surface area contributed by atoms with E-state index in [-0.39, 0.29) is 17.0 Å². The van der Waals surface area contributed by atoms with Crippen LogP contribution >= 0.6 is 0 Å². The predicted molar refractivity (Wildman–Crippen MR) is 74.5 cm³/mol. The number of hydrogen-bond donors (Lipinski definition) is 0. The summed E-state index contributed by atoms with van der Waals surface area (Å²) in [7, 11) is -3.53. The molecule has 1 rings (SSSR count). The van der Waals surface area contributed by atoms with Crippen LogP contribution in [-0.2, 0) is 10.0 Å². The van der Waals surface area contributed by atoms with E-state index in [9.17, 15) is 8.42 Å². The zero-order chi connectivity index (χ0) is 14.6. The van der Waals surface area contributed by atoms with Gasteiger partial charge in [0.25, 0.3) is 0 Å². The number of nitrogens with zero attached hydrogens (tertiary/aromatic N) is 4. The van der Waals surface area contributed by atoms with E-state index < -0.39 is 10.0 Å². The summed E-state index contributed by atoms with van der Waals surface area (Å²) in [6.45, 7) is 7.36. The van der Waals surface area contributed by atoms with Gasteiger partial charge in [-0.2, -0.15) is 4.31 Å². The summed E-state index contributed by atoms with van der Waals surface area (Å²) in [4.78, 5) is 2.86. The molecule has 0 unspecified atom stereocenters. The average Bonchev–Trinajstić information content (AvgIpc) is 2.28. The van der Waals surface area contributed by atoms with Crippen molar-refractivity contribution < 1.29 is 8.42 Å². The van der Waals surface area contributed by atoms with Gasteiger partial charge in [-0.05, 0) is 45.4 Å². The quantitative estimate of drug-likeness (QED) is 0.470. The molecule has 0 N–H and O–H groups in total. The van der Waals surface area contributed by atoms with Gasteiger partial charge in [-0.3, -0.25) is 0 Å². The summed E-state index contributed by atoms with van der Waals surface area (Å²) >= 11 is 0. The standard InChI is InChI=1S/C12H18N4O2S/c1-9(2)16(10(3)4)19(17,18)12-7-5-11(6-8-12)14-15-13/h5-10H,1-4H3. The molecular weight excluding hydrogens is 264 g/mol. The Labute approximate surface area is 113 Å². The minimum absolute atomic E-state index is 0.123. The Morgan fingerprint density at radius 2 is 1.58 bits per heavy atom. The number of hydrogen-bond acceptors (Lipinski definition) is 3. The zero-order valence-corrected chi connectivity index (χ0v) is 12.3. The summed E-state index contributed by atoms with van der Waals surface area (Å²) in [5.74, 6) is 0. The van der Waals surface area contributed by atoms with Gasteiger partial charge in [-0.15, -0.1) is 0 Å². The maximum Gasteiger partial charge on any atom is 0.243 e. The fourth-order valence-electron chi connectivity index (χ4n) is 2.01. The molecule has 0 amide bonds. The number of benzene rings is 1. The summed E-state index contributed by atoms with van der Waals surface area (Å²) in [6.07, 6.45) is 0. The van der Waals surface area contributed by atoms with Gasteiger partial charge in [0.1, 0.15) is 0 Å². The third kappa shape index (κ3) is 3.47. The summed E-state index contributed by atoms with van der Waals surface area (Å²) in [6, 6.07) is 5.65. The van der Waals surface area contributed by atoms with Gasteiger partial charge in [0.2, 0.25) is 10.0 Å². The summed E-state index contributed by atoms with van der Waals surface area (Å²) in [5, 5.41) is 3.42. The Kier molecular flexibility index (Phi) is 4.94. The van der Waals surface area contributed by atoms with E-state index in [1.165, 1.54) is 28.6 Å². The first kappa shape index (κ1) is 15.5. The van der Waals surface area contributed by atoms with Gasteiger partial charge in [0.05, 0.1) is 4.90 Å². The Balaban J connectivity index is 3.22. The molecular formula is C12H18N4O2S. The van der Waals surface area contributed by atoms with E-state index in [0.29, 0.717) is 5.69 Å². The third-order valence-corrected chi connectivity index (χ3v) is 4.86. The van der Waals surface area contributed by atoms with E-state index >= 15 is 0 Å². The molecule has 1 aromatic carbocycles. The highest BCUT2D eigenvalue weighted by Gasteiger charge is 2.29. The topological polar surface area (TPSA) is 86.1 Å². The van der Waals surface area contributed by atoms with Crippen LogP contribution in [0.5, 0.6) is 0 Å². The number of rotatable bonds is 5. The van der Waals surface area contributed by atoms with Crippen molar-refractivity contribution >= 4 is 15.7 Å². The van der Waals surface area contributed by atoms with Crippen LogP contribution < -0.4 is 0 Å². The zero-order valence-electron chi connectivity index (χ0n) is 11.5. The Morgan fingerprint density at radius 3 is 1.95 bits per heavy atom. The molecule has 0 fully saturated rings. The molecule has 0 bridgehead atoms. The van der Waals surface area contributed by atoms with Crippen LogP contribution in [0.3, 0.4) is 0 Å². The molecule has 0 aliphatic heterocycles. The smallest absolute Gasteiger partial charge is 0.207 e. The van der Waals surface area contributed by atoms with Crippen LogP contribution in [0.4, 0.5) is 5.69 Å². The van der Waals surface area contributed by atoms with Gasteiger partial charge < -0.3 is 0 Å². The molecule has 0 spiro atoms. The first-order chi connectivity index (χ1) is 8.80. The maximum atomic E-state index is 12.5. The number of azide groups is 1. The fraction of sp³-hybridized carbons (Fsp3) is 0.500. The van der Waals surface area contributed by atoms with Crippen molar-refractivity contribution in [3.05, 3.63) is 34.7 Å². The lowest BCUT2D eigenvalue weighted by molar-refractivity contribution is 0.302. The van der Waals surface area contributed by atoms with Gasteiger partial charge in [0.15, 0.2) is 0 Å². The van der Waals surface area contributed by atoms with Crippen LogP contribution in [0.15, 0.2) is 34.3 Å². The lowest BCUT2D eigenvalue weighted by Gasteiger charge is -2.29. The minimum atomic E-state index is -3.53. The normalized spacial score (nSPS) is 11.9. The highest BCUT2D eigenvalue weighted by atomic mass is 32.2. The van der Waals surface area contributed by atoms with Crippen LogP contribution in [-0.4, -0.2) is 24.8 Å². The molecule has 19 heavy (non-hydrogen) atoms. The van der Waals surface area contributed by atoms with Crippen molar-refractivity contribution in [2.24, 2.45) is 5.11 Å². The molecule has 7 heteroatoms. The third-order valence-electron chi connectivity index (χ3n) is 2.59. The van der Waals surface area contributed by atoms with Crippen molar-refractivity contribution in [1.82, 2.24) is 4.31 Å². The molecule has 6 nitrogen and oxygen atoms in total. The predicted octanol–water partition coefficient (Wildman–Crippen LogP) is 3.44. The molecule has 1 aromatic rings. The highest BCUT2D eigenvalue weighted by molar-refractivity contribution is 7.89. The molecule has 0 aliphatic rings.